The van der Waals surface area contributed by atoms with Gasteiger partial charge in [0, 0.05) is 35.6 Å². The van der Waals surface area contributed by atoms with Crippen molar-refractivity contribution in [3.63, 3.8) is 0 Å². The monoisotopic (exact) mass is 501 g/mol. The van der Waals surface area contributed by atoms with Gasteiger partial charge in [0.05, 0.1) is 13.7 Å². The highest BCUT2D eigenvalue weighted by Gasteiger charge is 2.47. The normalized spacial score (nSPS) is 24.3. The van der Waals surface area contributed by atoms with E-state index in [4.69, 9.17) is 9.47 Å². The topological polar surface area (TPSA) is 143 Å². The van der Waals surface area contributed by atoms with E-state index in [0.717, 1.165) is 31.1 Å². The van der Waals surface area contributed by atoms with E-state index < -0.39 is 29.2 Å². The Morgan fingerprint density at radius 2 is 1.89 bits per heavy atom. The van der Waals surface area contributed by atoms with Crippen molar-refractivity contribution in [2.24, 2.45) is 0 Å². The number of nitrogens with one attached hydrogen (secondary N) is 4. The van der Waals surface area contributed by atoms with Gasteiger partial charge in [-0.25, -0.2) is 9.59 Å². The number of benzene rings is 1. The molecule has 1 aromatic heterocycles. The average Bonchev–Trinajstić information content (AvgIpc) is 3.26. The molecule has 36 heavy (non-hydrogen) atoms. The van der Waals surface area contributed by atoms with Gasteiger partial charge in [-0.15, -0.1) is 0 Å². The minimum absolute atomic E-state index is 0.00898. The number of ether oxygens (including phenoxy) is 2. The van der Waals surface area contributed by atoms with Crippen LogP contribution in [0.15, 0.2) is 24.4 Å². The highest BCUT2D eigenvalue weighted by atomic mass is 16.6. The maximum absolute atomic E-state index is 12.9. The zero-order valence-electron chi connectivity index (χ0n) is 21.1. The molecule has 5 N–H and O–H groups in total. The zero-order valence-corrected chi connectivity index (χ0v) is 21.1. The number of amides is 4. The minimum atomic E-state index is -1.26. The van der Waals surface area contributed by atoms with E-state index in [9.17, 15) is 19.5 Å². The molecule has 4 rings (SSSR count). The molecule has 1 aliphatic carbocycles. The third kappa shape index (κ3) is 5.67. The van der Waals surface area contributed by atoms with Crippen LogP contribution in [0.2, 0.25) is 0 Å². The van der Waals surface area contributed by atoms with Crippen LogP contribution in [0.1, 0.15) is 46.5 Å². The average molecular weight is 502 g/mol. The molecule has 0 bridgehead atoms. The standard InChI is InChI=1S/C25H35N5O6/c1-24(2,3)36-23(34)27-17-7-5-16(6-8-17)26-13-25(21(32)28-22(33)29-25)14-30-12-15-11-18(35-4)9-10-19(15)20(30)31/h9-12,16-17,26,31H,5-8,13-14H2,1-4H3,(H,27,34)(H2,28,29,32,33). The lowest BCUT2D eigenvalue weighted by Crippen LogP contribution is -2.58. The van der Waals surface area contributed by atoms with Crippen LogP contribution in [0.3, 0.4) is 0 Å². The number of methoxy groups -OCH3 is 1. The number of carbonyl (C=O) groups excluding carboxylic acids is 3. The Balaban J connectivity index is 1.40. The van der Waals surface area contributed by atoms with E-state index in [1.807, 2.05) is 20.8 Å². The first-order valence-corrected chi connectivity index (χ1v) is 12.2. The number of hydrogen-bond donors (Lipinski definition) is 5. The second kappa shape index (κ2) is 9.88. The van der Waals surface area contributed by atoms with Gasteiger partial charge in [-0.2, -0.15) is 0 Å². The summed E-state index contributed by atoms with van der Waals surface area (Å²) in [5.41, 5.74) is -1.81. The van der Waals surface area contributed by atoms with Crippen LogP contribution in [0, 0.1) is 0 Å². The lowest BCUT2D eigenvalue weighted by molar-refractivity contribution is -0.124. The Morgan fingerprint density at radius 3 is 2.50 bits per heavy atom. The van der Waals surface area contributed by atoms with Gasteiger partial charge < -0.3 is 35.1 Å². The molecule has 196 valence electrons. The minimum Gasteiger partial charge on any atom is -0.497 e. The fourth-order valence-corrected chi connectivity index (χ4v) is 4.83. The Kier molecular flexibility index (Phi) is 7.03. The van der Waals surface area contributed by atoms with Crippen molar-refractivity contribution in [3.8, 4) is 11.6 Å². The number of aromatic hydroxyl groups is 1. The van der Waals surface area contributed by atoms with Gasteiger partial charge in [-0.05, 0) is 64.7 Å². The molecule has 0 radical (unpaired) electrons. The molecule has 1 atom stereocenters. The number of alkyl carbamates (subject to hydrolysis) is 1. The highest BCUT2D eigenvalue weighted by molar-refractivity contribution is 6.07. The molecule has 2 fully saturated rings. The van der Waals surface area contributed by atoms with Crippen molar-refractivity contribution < 1.29 is 29.0 Å². The molecule has 1 aromatic carbocycles. The molecular weight excluding hydrogens is 466 g/mol. The van der Waals surface area contributed by atoms with E-state index >= 15 is 0 Å². The van der Waals surface area contributed by atoms with Gasteiger partial charge in [-0.3, -0.25) is 10.1 Å². The fourth-order valence-electron chi connectivity index (χ4n) is 4.83. The van der Waals surface area contributed by atoms with Gasteiger partial charge >= 0.3 is 12.1 Å². The third-order valence-corrected chi connectivity index (χ3v) is 6.66. The van der Waals surface area contributed by atoms with Gasteiger partial charge in [0.1, 0.15) is 11.4 Å². The summed E-state index contributed by atoms with van der Waals surface area (Å²) in [5.74, 6) is 0.212. The quantitative estimate of drug-likeness (QED) is 0.367. The Bertz CT molecular complexity index is 1150. The van der Waals surface area contributed by atoms with Crippen molar-refractivity contribution in [2.75, 3.05) is 13.7 Å². The number of nitrogens with zero attached hydrogens (tertiary/aromatic N) is 1. The van der Waals surface area contributed by atoms with Crippen molar-refractivity contribution in [3.05, 3.63) is 24.4 Å². The lowest BCUT2D eigenvalue weighted by Gasteiger charge is -2.33. The molecule has 2 aliphatic rings. The first kappa shape index (κ1) is 25.6. The summed E-state index contributed by atoms with van der Waals surface area (Å²) in [7, 11) is 1.57. The number of imide groups is 1. The molecule has 11 nitrogen and oxygen atoms in total. The Morgan fingerprint density at radius 1 is 1.19 bits per heavy atom. The zero-order chi connectivity index (χ0) is 26.1. The van der Waals surface area contributed by atoms with Crippen LogP contribution in [-0.2, 0) is 16.1 Å². The lowest BCUT2D eigenvalue weighted by atomic mass is 9.90. The van der Waals surface area contributed by atoms with Crippen molar-refractivity contribution in [1.82, 2.24) is 25.8 Å². The summed E-state index contributed by atoms with van der Waals surface area (Å²) in [6, 6.07) is 4.88. The van der Waals surface area contributed by atoms with E-state index in [1.165, 1.54) is 0 Å². The van der Waals surface area contributed by atoms with Crippen LogP contribution in [-0.4, -0.2) is 64.6 Å². The molecule has 0 spiro atoms. The van der Waals surface area contributed by atoms with E-state index in [2.05, 4.69) is 21.3 Å². The molecular formula is C25H35N5O6. The van der Waals surface area contributed by atoms with E-state index in [0.29, 0.717) is 11.1 Å². The largest absolute Gasteiger partial charge is 0.497 e. The van der Waals surface area contributed by atoms with Gasteiger partial charge in [-0.1, -0.05) is 0 Å². The van der Waals surface area contributed by atoms with Crippen LogP contribution in [0.4, 0.5) is 9.59 Å². The number of rotatable bonds is 7. The third-order valence-electron chi connectivity index (χ3n) is 6.66. The number of aromatic nitrogens is 1. The second-order valence-electron chi connectivity index (χ2n) is 10.6. The number of fused-ring (bicyclic) bond motifs is 1. The number of carbonyl (C=O) groups is 3. The summed E-state index contributed by atoms with van der Waals surface area (Å²) in [4.78, 5) is 37.0. The molecule has 1 unspecified atom stereocenters. The smallest absolute Gasteiger partial charge is 0.407 e. The molecule has 2 aromatic rings. The maximum atomic E-state index is 12.9. The van der Waals surface area contributed by atoms with Gasteiger partial charge in [0.15, 0.2) is 11.4 Å². The van der Waals surface area contributed by atoms with Crippen molar-refractivity contribution in [2.45, 2.75) is 76.2 Å². The van der Waals surface area contributed by atoms with Crippen LogP contribution >= 0.6 is 0 Å². The Hall–Kier alpha value is -3.47. The van der Waals surface area contributed by atoms with Crippen molar-refractivity contribution >= 4 is 28.8 Å². The van der Waals surface area contributed by atoms with Crippen LogP contribution in [0.5, 0.6) is 11.6 Å². The molecule has 2 heterocycles. The summed E-state index contributed by atoms with van der Waals surface area (Å²) < 4.78 is 12.2. The second-order valence-corrected chi connectivity index (χ2v) is 10.6. The molecule has 1 aliphatic heterocycles. The number of hydrogen-bond acceptors (Lipinski definition) is 7. The molecule has 1 saturated heterocycles. The van der Waals surface area contributed by atoms with Crippen LogP contribution in [0.25, 0.3) is 10.8 Å². The SMILES string of the molecule is COc1ccc2c(O)n(CC3(CNC4CCC(NC(=O)OC(C)(C)C)CC4)NC(=O)NC3=O)cc2c1. The summed E-state index contributed by atoms with van der Waals surface area (Å²) in [6.07, 6.45) is 4.46. The molecule has 11 heteroatoms. The number of urea groups is 1. The predicted molar refractivity (Wildman–Crippen MR) is 133 cm³/mol. The fraction of sp³-hybridized carbons (Fsp3) is 0.560. The van der Waals surface area contributed by atoms with Crippen molar-refractivity contribution in [1.29, 1.82) is 0 Å². The highest BCUT2D eigenvalue weighted by Crippen LogP contribution is 2.32. The molecule has 4 amide bonds. The summed E-state index contributed by atoms with van der Waals surface area (Å²) in [5, 5.41) is 23.6. The Labute approximate surface area is 209 Å². The molecule has 1 saturated carbocycles. The van der Waals surface area contributed by atoms with E-state index in [1.54, 1.807) is 36.1 Å². The maximum Gasteiger partial charge on any atom is 0.407 e. The van der Waals surface area contributed by atoms with Gasteiger partial charge in [0.25, 0.3) is 5.91 Å². The van der Waals surface area contributed by atoms with Gasteiger partial charge in [0.2, 0.25) is 0 Å². The summed E-state index contributed by atoms with van der Waals surface area (Å²) >= 11 is 0. The first-order valence-electron chi connectivity index (χ1n) is 12.2. The van der Waals surface area contributed by atoms with Crippen LogP contribution < -0.4 is 26.0 Å². The predicted octanol–water partition coefficient (Wildman–Crippen LogP) is 2.36. The summed E-state index contributed by atoms with van der Waals surface area (Å²) in [6.45, 7) is 5.73. The van der Waals surface area contributed by atoms with E-state index in [-0.39, 0.29) is 31.1 Å². The first-order chi connectivity index (χ1) is 17.0.